The highest BCUT2D eigenvalue weighted by Gasteiger charge is 2.16. The van der Waals surface area contributed by atoms with Gasteiger partial charge in [0, 0.05) is 18.0 Å². The number of nitrogens with zero attached hydrogens (tertiary/aromatic N) is 3. The van der Waals surface area contributed by atoms with E-state index in [0.29, 0.717) is 0 Å². The van der Waals surface area contributed by atoms with Crippen LogP contribution in [0.3, 0.4) is 0 Å². The molecule has 0 aliphatic rings. The third kappa shape index (κ3) is 2.64. The van der Waals surface area contributed by atoms with Crippen LogP contribution in [0.15, 0.2) is 24.5 Å². The molecule has 1 aromatic heterocycles. The minimum Gasteiger partial charge on any atom is -0.236 e. The van der Waals surface area contributed by atoms with Gasteiger partial charge in [0.15, 0.2) is 5.82 Å². The lowest BCUT2D eigenvalue weighted by molar-refractivity contribution is 0.576. The van der Waals surface area contributed by atoms with E-state index in [1.807, 2.05) is 20.8 Å². The van der Waals surface area contributed by atoms with Crippen molar-refractivity contribution >= 4 is 0 Å². The van der Waals surface area contributed by atoms with Gasteiger partial charge < -0.3 is 0 Å². The zero-order valence-electron chi connectivity index (χ0n) is 11.4. The predicted molar refractivity (Wildman–Crippen MR) is 70.8 cm³/mol. The molecule has 0 radical (unpaired) electrons. The lowest BCUT2D eigenvalue weighted by Gasteiger charge is -2.17. The van der Waals surface area contributed by atoms with E-state index in [1.165, 1.54) is 6.07 Å². The molecule has 0 unspecified atom stereocenters. The molecule has 0 bridgehead atoms. The van der Waals surface area contributed by atoms with Gasteiger partial charge in [0.1, 0.15) is 23.3 Å². The maximum absolute atomic E-state index is 13.5. The maximum Gasteiger partial charge on any atom is 0.159 e. The summed E-state index contributed by atoms with van der Waals surface area (Å²) in [6, 6.07) is 3.61. The summed E-state index contributed by atoms with van der Waals surface area (Å²) in [5.41, 5.74) is 0.440. The van der Waals surface area contributed by atoms with Crippen molar-refractivity contribution in [3.8, 4) is 17.5 Å². The first-order chi connectivity index (χ1) is 9.32. The number of benzene rings is 1. The Morgan fingerprint density at radius 2 is 1.55 bits per heavy atom. The lowest BCUT2D eigenvalue weighted by Crippen LogP contribution is -2.12. The number of halogens is 2. The smallest absolute Gasteiger partial charge is 0.159 e. The molecule has 1 aromatic carbocycles. The Morgan fingerprint density at radius 3 is 1.95 bits per heavy atom. The lowest BCUT2D eigenvalue weighted by atomic mass is 9.89. The van der Waals surface area contributed by atoms with Gasteiger partial charge in [-0.2, -0.15) is 5.26 Å². The van der Waals surface area contributed by atoms with Crippen molar-refractivity contribution in [2.45, 2.75) is 26.2 Å². The SMILES string of the molecule is CC(C)(C)c1cnc(-c2cc(F)c(C#N)c(F)c2)nc1. The quantitative estimate of drug-likeness (QED) is 0.797. The summed E-state index contributed by atoms with van der Waals surface area (Å²) < 4.78 is 27.1. The molecule has 0 N–H and O–H groups in total. The molecule has 3 nitrogen and oxygen atoms in total. The fourth-order valence-corrected chi connectivity index (χ4v) is 1.67. The second kappa shape index (κ2) is 4.97. The minimum atomic E-state index is -0.911. The van der Waals surface area contributed by atoms with E-state index in [4.69, 9.17) is 5.26 Å². The summed E-state index contributed by atoms with van der Waals surface area (Å²) in [6.07, 6.45) is 3.27. The molecular weight excluding hydrogens is 260 g/mol. The molecular formula is C15H13F2N3. The molecule has 5 heteroatoms. The monoisotopic (exact) mass is 273 g/mol. The largest absolute Gasteiger partial charge is 0.236 e. The molecule has 2 aromatic rings. The number of hydrogen-bond acceptors (Lipinski definition) is 3. The number of aromatic nitrogens is 2. The molecule has 102 valence electrons. The normalized spacial score (nSPS) is 11.2. The van der Waals surface area contributed by atoms with Gasteiger partial charge in [-0.05, 0) is 23.1 Å². The molecule has 0 aliphatic carbocycles. The van der Waals surface area contributed by atoms with Gasteiger partial charge in [0.2, 0.25) is 0 Å². The standard InChI is InChI=1S/C15H13F2N3/c1-15(2,3)10-7-19-14(20-8-10)9-4-12(16)11(6-18)13(17)5-9/h4-5,7-8H,1-3H3. The third-order valence-electron chi connectivity index (χ3n) is 2.93. The zero-order valence-corrected chi connectivity index (χ0v) is 11.4. The van der Waals surface area contributed by atoms with Gasteiger partial charge in [0.05, 0.1) is 0 Å². The Bertz CT molecular complexity index is 657. The molecule has 0 amide bonds. The topological polar surface area (TPSA) is 49.6 Å². The summed E-state index contributed by atoms with van der Waals surface area (Å²) in [6.45, 7) is 6.06. The number of rotatable bonds is 1. The van der Waals surface area contributed by atoms with Gasteiger partial charge >= 0.3 is 0 Å². The second-order valence-electron chi connectivity index (χ2n) is 5.47. The van der Waals surface area contributed by atoms with Crippen LogP contribution in [0.1, 0.15) is 31.9 Å². The first kappa shape index (κ1) is 14.1. The fourth-order valence-electron chi connectivity index (χ4n) is 1.67. The predicted octanol–water partition coefficient (Wildman–Crippen LogP) is 3.59. The summed E-state index contributed by atoms with van der Waals surface area (Å²) in [5.74, 6) is -1.60. The van der Waals surface area contributed by atoms with Gasteiger partial charge in [-0.15, -0.1) is 0 Å². The van der Waals surface area contributed by atoms with E-state index in [1.54, 1.807) is 12.4 Å². The van der Waals surface area contributed by atoms with Gasteiger partial charge in [-0.1, -0.05) is 20.8 Å². The zero-order chi connectivity index (χ0) is 14.9. The van der Waals surface area contributed by atoms with E-state index in [-0.39, 0.29) is 16.8 Å². The van der Waals surface area contributed by atoms with E-state index in [2.05, 4.69) is 9.97 Å². The van der Waals surface area contributed by atoms with Crippen LogP contribution in [-0.4, -0.2) is 9.97 Å². The summed E-state index contributed by atoms with van der Waals surface area (Å²) >= 11 is 0. The van der Waals surface area contributed by atoms with Crippen LogP contribution in [-0.2, 0) is 5.41 Å². The molecule has 20 heavy (non-hydrogen) atoms. The summed E-state index contributed by atoms with van der Waals surface area (Å²) in [4.78, 5) is 8.25. The Morgan fingerprint density at radius 1 is 1.05 bits per heavy atom. The Hall–Kier alpha value is -2.35. The van der Waals surface area contributed by atoms with E-state index in [9.17, 15) is 8.78 Å². The van der Waals surface area contributed by atoms with Crippen molar-refractivity contribution in [1.29, 1.82) is 5.26 Å². The molecule has 2 rings (SSSR count). The van der Waals surface area contributed by atoms with Crippen LogP contribution in [0.2, 0.25) is 0 Å². The van der Waals surface area contributed by atoms with Crippen molar-refractivity contribution in [3.05, 3.63) is 47.3 Å². The van der Waals surface area contributed by atoms with Crippen LogP contribution in [0.25, 0.3) is 11.4 Å². The van der Waals surface area contributed by atoms with E-state index < -0.39 is 17.2 Å². The highest BCUT2D eigenvalue weighted by molar-refractivity contribution is 5.57. The molecule has 0 saturated heterocycles. The highest BCUT2D eigenvalue weighted by atomic mass is 19.1. The highest BCUT2D eigenvalue weighted by Crippen LogP contribution is 2.24. The van der Waals surface area contributed by atoms with Crippen molar-refractivity contribution in [3.63, 3.8) is 0 Å². The molecule has 1 heterocycles. The van der Waals surface area contributed by atoms with Crippen LogP contribution < -0.4 is 0 Å². The van der Waals surface area contributed by atoms with Crippen LogP contribution in [0, 0.1) is 23.0 Å². The van der Waals surface area contributed by atoms with Crippen LogP contribution >= 0.6 is 0 Å². The van der Waals surface area contributed by atoms with Crippen molar-refractivity contribution in [1.82, 2.24) is 9.97 Å². The molecule has 0 fully saturated rings. The van der Waals surface area contributed by atoms with E-state index >= 15 is 0 Å². The van der Waals surface area contributed by atoms with Gasteiger partial charge in [-0.25, -0.2) is 18.7 Å². The third-order valence-corrected chi connectivity index (χ3v) is 2.93. The average Bonchev–Trinajstić information content (AvgIpc) is 2.37. The average molecular weight is 273 g/mol. The van der Waals surface area contributed by atoms with E-state index in [0.717, 1.165) is 17.7 Å². The number of hydrogen-bond donors (Lipinski definition) is 0. The second-order valence-corrected chi connectivity index (χ2v) is 5.47. The Balaban J connectivity index is 2.46. The van der Waals surface area contributed by atoms with Gasteiger partial charge in [0.25, 0.3) is 0 Å². The first-order valence-corrected chi connectivity index (χ1v) is 6.05. The minimum absolute atomic E-state index is 0.0975. The van der Waals surface area contributed by atoms with Crippen molar-refractivity contribution < 1.29 is 8.78 Å². The maximum atomic E-state index is 13.5. The van der Waals surface area contributed by atoms with Crippen LogP contribution in [0.5, 0.6) is 0 Å². The molecule has 0 spiro atoms. The van der Waals surface area contributed by atoms with Crippen molar-refractivity contribution in [2.75, 3.05) is 0 Å². The van der Waals surface area contributed by atoms with Crippen molar-refractivity contribution in [2.24, 2.45) is 0 Å². The van der Waals surface area contributed by atoms with Gasteiger partial charge in [-0.3, -0.25) is 0 Å². The Kier molecular flexibility index (Phi) is 3.49. The molecule has 0 saturated carbocycles. The molecule has 0 aliphatic heterocycles. The molecule has 0 atom stereocenters. The first-order valence-electron chi connectivity index (χ1n) is 6.05. The fraction of sp³-hybridized carbons (Fsp3) is 0.267. The summed E-state index contributed by atoms with van der Waals surface area (Å²) in [7, 11) is 0. The Labute approximate surface area is 115 Å². The number of nitriles is 1. The van der Waals surface area contributed by atoms with Crippen LogP contribution in [0.4, 0.5) is 8.78 Å². The summed E-state index contributed by atoms with van der Waals surface area (Å²) in [5, 5.41) is 8.63.